The summed E-state index contributed by atoms with van der Waals surface area (Å²) in [5.41, 5.74) is 12.1. The van der Waals surface area contributed by atoms with Crippen LogP contribution in [0.5, 0.6) is 0 Å². The third-order valence-electron chi connectivity index (χ3n) is 5.91. The normalized spacial score (nSPS) is 17.4. The Hall–Kier alpha value is -3.83. The van der Waals surface area contributed by atoms with Gasteiger partial charge in [-0.3, -0.25) is 14.6 Å². The first-order chi connectivity index (χ1) is 17.6. The molecule has 0 saturated heterocycles. The number of ether oxygens (including phenoxy) is 1. The molecule has 0 spiro atoms. The van der Waals surface area contributed by atoms with E-state index in [4.69, 9.17) is 16.2 Å². The monoisotopic (exact) mass is 517 g/mol. The summed E-state index contributed by atoms with van der Waals surface area (Å²) in [4.78, 5) is 55.0. The van der Waals surface area contributed by atoms with Gasteiger partial charge in [0.05, 0.1) is 12.6 Å². The maximum Gasteiger partial charge on any atom is 0.329 e. The van der Waals surface area contributed by atoms with Crippen molar-refractivity contribution in [3.05, 3.63) is 35.9 Å². The molecular formula is C25H39N7O5. The van der Waals surface area contributed by atoms with Crippen molar-refractivity contribution in [3.8, 4) is 0 Å². The smallest absolute Gasteiger partial charge is 0.329 e. The summed E-state index contributed by atoms with van der Waals surface area (Å²) < 4.78 is 5.35. The highest BCUT2D eigenvalue weighted by Gasteiger charge is 2.35. The van der Waals surface area contributed by atoms with Crippen molar-refractivity contribution in [2.24, 2.45) is 22.4 Å². The molecule has 0 saturated carbocycles. The van der Waals surface area contributed by atoms with E-state index in [0.29, 0.717) is 19.4 Å². The first kappa shape index (κ1) is 29.4. The molecule has 1 aliphatic rings. The van der Waals surface area contributed by atoms with E-state index < -0.39 is 48.0 Å². The maximum atomic E-state index is 13.2. The summed E-state index contributed by atoms with van der Waals surface area (Å²) in [6.07, 6.45) is 2.15. The lowest BCUT2D eigenvalue weighted by Gasteiger charge is -2.32. The van der Waals surface area contributed by atoms with Crippen LogP contribution in [0.15, 0.2) is 35.3 Å². The number of unbranched alkanes of at least 4 members (excludes halogenated alkanes) is 1. The lowest BCUT2D eigenvalue weighted by Crippen LogP contribution is -2.64. The Morgan fingerprint density at radius 3 is 2.43 bits per heavy atom. The van der Waals surface area contributed by atoms with Crippen molar-refractivity contribution in [1.82, 2.24) is 21.3 Å². The minimum Gasteiger partial charge on any atom is -0.464 e. The summed E-state index contributed by atoms with van der Waals surface area (Å²) in [5.74, 6) is -2.02. The quantitative estimate of drug-likeness (QED) is 0.156. The van der Waals surface area contributed by atoms with Crippen LogP contribution in [0.2, 0.25) is 0 Å². The fourth-order valence-corrected chi connectivity index (χ4v) is 3.84. The highest BCUT2D eigenvalue weighted by molar-refractivity contribution is 5.93. The van der Waals surface area contributed by atoms with Crippen LogP contribution in [0.25, 0.3) is 0 Å². The van der Waals surface area contributed by atoms with Crippen LogP contribution in [0.4, 0.5) is 4.79 Å². The molecule has 0 aromatic heterocycles. The Kier molecular flexibility index (Phi) is 11.7. The third kappa shape index (κ3) is 9.62. The molecule has 4 amide bonds. The zero-order valence-corrected chi connectivity index (χ0v) is 21.7. The molecule has 12 heteroatoms. The number of carbonyl (C=O) groups excluding carboxylic acids is 4. The average Bonchev–Trinajstić information content (AvgIpc) is 2.85. The van der Waals surface area contributed by atoms with E-state index in [2.05, 4.69) is 26.3 Å². The van der Waals surface area contributed by atoms with E-state index in [1.165, 1.54) is 0 Å². The Balaban J connectivity index is 2.19. The Morgan fingerprint density at radius 1 is 1.14 bits per heavy atom. The molecule has 1 aromatic carbocycles. The van der Waals surface area contributed by atoms with Crippen LogP contribution < -0.4 is 32.7 Å². The number of benzene rings is 1. The predicted molar refractivity (Wildman–Crippen MR) is 139 cm³/mol. The average molecular weight is 518 g/mol. The molecular weight excluding hydrogens is 478 g/mol. The largest absolute Gasteiger partial charge is 0.464 e. The van der Waals surface area contributed by atoms with Gasteiger partial charge in [0, 0.05) is 13.0 Å². The number of guanidine groups is 1. The second-order valence-electron chi connectivity index (χ2n) is 9.30. The zero-order valence-electron chi connectivity index (χ0n) is 21.7. The maximum absolute atomic E-state index is 13.2. The second-order valence-corrected chi connectivity index (χ2v) is 9.30. The standard InChI is InChI=1S/C25H39N7O5/c1-4-5-13-37-23(35)18(14-16-9-7-6-8-10-16)30-25(36)32-20(17-11-12-28-24(27)29-17)22(34)31-19(15(2)3)21(26)33/h6-10,15,17-20H,4-5,11-14H2,1-3H3,(H2,26,33)(H,31,34)(H3,27,28,29)(H2,30,32,36). The fourth-order valence-electron chi connectivity index (χ4n) is 3.84. The predicted octanol–water partition coefficient (Wildman–Crippen LogP) is -0.0885. The second kappa shape index (κ2) is 14.7. The first-order valence-electron chi connectivity index (χ1n) is 12.6. The first-order valence-corrected chi connectivity index (χ1v) is 12.6. The summed E-state index contributed by atoms with van der Waals surface area (Å²) in [7, 11) is 0. The lowest BCUT2D eigenvalue weighted by atomic mass is 9.99. The summed E-state index contributed by atoms with van der Waals surface area (Å²) in [6, 6.07) is 4.78. The third-order valence-corrected chi connectivity index (χ3v) is 5.91. The lowest BCUT2D eigenvalue weighted by molar-refractivity contribution is -0.146. The van der Waals surface area contributed by atoms with Gasteiger partial charge in [0.2, 0.25) is 11.8 Å². The molecule has 0 aliphatic carbocycles. The molecule has 1 aromatic rings. The van der Waals surface area contributed by atoms with E-state index in [1.807, 2.05) is 37.3 Å². The van der Waals surface area contributed by atoms with Crippen LogP contribution in [-0.4, -0.2) is 67.1 Å². The van der Waals surface area contributed by atoms with Crippen LogP contribution in [0.3, 0.4) is 0 Å². The van der Waals surface area contributed by atoms with Crippen molar-refractivity contribution >= 4 is 29.8 Å². The topological polar surface area (TPSA) is 190 Å². The molecule has 1 heterocycles. The van der Waals surface area contributed by atoms with Crippen LogP contribution in [0, 0.1) is 5.92 Å². The van der Waals surface area contributed by atoms with Gasteiger partial charge in [-0.2, -0.15) is 0 Å². The number of hydrogen-bond acceptors (Lipinski definition) is 8. The number of nitrogens with two attached hydrogens (primary N) is 2. The number of amides is 4. The summed E-state index contributed by atoms with van der Waals surface area (Å²) in [5, 5.41) is 10.8. The number of nitrogens with zero attached hydrogens (tertiary/aromatic N) is 1. The van der Waals surface area contributed by atoms with E-state index in [0.717, 1.165) is 12.0 Å². The number of hydrogen-bond donors (Lipinski definition) is 6. The van der Waals surface area contributed by atoms with E-state index in [1.54, 1.807) is 13.8 Å². The molecule has 4 unspecified atom stereocenters. The highest BCUT2D eigenvalue weighted by Crippen LogP contribution is 2.09. The van der Waals surface area contributed by atoms with Gasteiger partial charge in [-0.15, -0.1) is 0 Å². The molecule has 37 heavy (non-hydrogen) atoms. The zero-order chi connectivity index (χ0) is 27.4. The van der Waals surface area contributed by atoms with Gasteiger partial charge < -0.3 is 37.5 Å². The van der Waals surface area contributed by atoms with Crippen LogP contribution >= 0.6 is 0 Å². The minimum atomic E-state index is -1.14. The molecule has 0 fully saturated rings. The Bertz CT molecular complexity index is 954. The molecule has 4 atom stereocenters. The van der Waals surface area contributed by atoms with E-state index >= 15 is 0 Å². The minimum absolute atomic E-state index is 0.132. The van der Waals surface area contributed by atoms with Crippen LogP contribution in [0.1, 0.15) is 45.6 Å². The van der Waals surface area contributed by atoms with Gasteiger partial charge in [0.1, 0.15) is 18.1 Å². The SMILES string of the molecule is CCCCOC(=O)C(Cc1ccccc1)NC(=O)NC(C(=O)NC(C(N)=O)C(C)C)C1CCN=C(N)N1. The summed E-state index contributed by atoms with van der Waals surface area (Å²) >= 11 is 0. The van der Waals surface area contributed by atoms with E-state index in [-0.39, 0.29) is 24.9 Å². The van der Waals surface area contributed by atoms with Crippen LogP contribution in [-0.2, 0) is 25.5 Å². The van der Waals surface area contributed by atoms with Gasteiger partial charge in [-0.05, 0) is 24.3 Å². The van der Waals surface area contributed by atoms with Crippen molar-refractivity contribution in [2.45, 2.75) is 70.6 Å². The number of aliphatic imine (C=N–C) groups is 1. The Labute approximate surface area is 217 Å². The van der Waals surface area contributed by atoms with Crippen molar-refractivity contribution < 1.29 is 23.9 Å². The number of rotatable bonds is 13. The van der Waals surface area contributed by atoms with E-state index in [9.17, 15) is 19.2 Å². The number of urea groups is 1. The van der Waals surface area contributed by atoms with Gasteiger partial charge in [-0.1, -0.05) is 57.5 Å². The fraction of sp³-hybridized carbons (Fsp3) is 0.560. The number of primary amides is 1. The molecule has 12 nitrogen and oxygen atoms in total. The number of esters is 1. The molecule has 2 rings (SSSR count). The molecule has 1 aliphatic heterocycles. The van der Waals surface area contributed by atoms with Crippen molar-refractivity contribution in [3.63, 3.8) is 0 Å². The van der Waals surface area contributed by atoms with Gasteiger partial charge in [0.15, 0.2) is 5.96 Å². The van der Waals surface area contributed by atoms with Gasteiger partial charge in [0.25, 0.3) is 0 Å². The molecule has 0 radical (unpaired) electrons. The van der Waals surface area contributed by atoms with Crippen molar-refractivity contribution in [2.75, 3.05) is 13.2 Å². The number of nitrogens with one attached hydrogen (secondary N) is 4. The molecule has 204 valence electrons. The number of carbonyl (C=O) groups is 4. The molecule has 0 bridgehead atoms. The Morgan fingerprint density at radius 2 is 1.84 bits per heavy atom. The molecule has 8 N–H and O–H groups in total. The van der Waals surface area contributed by atoms with Gasteiger partial charge in [-0.25, -0.2) is 9.59 Å². The van der Waals surface area contributed by atoms with Gasteiger partial charge >= 0.3 is 12.0 Å². The summed E-state index contributed by atoms with van der Waals surface area (Å²) in [6.45, 7) is 6.05. The highest BCUT2D eigenvalue weighted by atomic mass is 16.5. The van der Waals surface area contributed by atoms with Crippen molar-refractivity contribution in [1.29, 1.82) is 0 Å².